The average molecular weight is 441 g/mol. The molecule has 0 saturated carbocycles. The molecule has 6 rings (SSSR count). The van der Waals surface area contributed by atoms with Crippen LogP contribution in [-0.4, -0.2) is 38.2 Å². The van der Waals surface area contributed by atoms with Crippen LogP contribution in [0.15, 0.2) is 59.4 Å². The van der Waals surface area contributed by atoms with Crippen molar-refractivity contribution in [1.29, 1.82) is 0 Å². The molecule has 4 heterocycles. The summed E-state index contributed by atoms with van der Waals surface area (Å²) >= 11 is 0. The first-order valence-electron chi connectivity index (χ1n) is 11.3. The summed E-state index contributed by atoms with van der Waals surface area (Å²) in [4.78, 5) is 35.0. The standard InChI is InChI=1S/C25H24N6O2/c1-17-14-22-27-30(16-23(32)29-13-11-19-7-4-5-9-21(19)29)25(33)31(22)24(26-17)28-12-10-18-6-2-3-8-20(18)15-28/h2-9,14H,10-13,15-16H2,1H3. The van der Waals surface area contributed by atoms with Crippen LogP contribution in [0.2, 0.25) is 0 Å². The molecule has 0 radical (unpaired) electrons. The largest absolute Gasteiger partial charge is 0.353 e. The van der Waals surface area contributed by atoms with E-state index >= 15 is 0 Å². The third-order valence-electron chi connectivity index (χ3n) is 6.57. The lowest BCUT2D eigenvalue weighted by atomic mass is 10.0. The van der Waals surface area contributed by atoms with Crippen LogP contribution in [0.3, 0.4) is 0 Å². The van der Waals surface area contributed by atoms with Crippen molar-refractivity contribution < 1.29 is 4.79 Å². The molecule has 0 aliphatic carbocycles. The molecule has 166 valence electrons. The zero-order valence-corrected chi connectivity index (χ0v) is 18.4. The smallest absolute Gasteiger partial charge is 0.337 e. The minimum absolute atomic E-state index is 0.101. The lowest BCUT2D eigenvalue weighted by Gasteiger charge is -2.29. The summed E-state index contributed by atoms with van der Waals surface area (Å²) in [5.74, 6) is 0.443. The van der Waals surface area contributed by atoms with E-state index in [2.05, 4.69) is 28.2 Å². The van der Waals surface area contributed by atoms with Crippen LogP contribution in [0.25, 0.3) is 5.65 Å². The van der Waals surface area contributed by atoms with Gasteiger partial charge in [0.2, 0.25) is 11.9 Å². The highest BCUT2D eigenvalue weighted by Crippen LogP contribution is 2.28. The van der Waals surface area contributed by atoms with Crippen LogP contribution in [0.5, 0.6) is 0 Å². The summed E-state index contributed by atoms with van der Waals surface area (Å²) in [6, 6.07) is 18.0. The molecule has 2 aliphatic heterocycles. The second-order valence-electron chi connectivity index (χ2n) is 8.70. The van der Waals surface area contributed by atoms with Gasteiger partial charge in [-0.3, -0.25) is 4.79 Å². The Bertz CT molecular complexity index is 1450. The second kappa shape index (κ2) is 7.58. The van der Waals surface area contributed by atoms with Crippen molar-refractivity contribution in [3.05, 3.63) is 87.5 Å². The van der Waals surface area contributed by atoms with E-state index in [9.17, 15) is 9.59 Å². The SMILES string of the molecule is Cc1cc2nn(CC(=O)N3CCc4ccccc43)c(=O)n2c(N2CCc3ccccc3C2)n1. The number of hydrogen-bond donors (Lipinski definition) is 0. The van der Waals surface area contributed by atoms with Crippen molar-refractivity contribution in [2.75, 3.05) is 22.9 Å². The van der Waals surface area contributed by atoms with E-state index in [4.69, 9.17) is 4.98 Å². The molecule has 0 N–H and O–H groups in total. The number of benzene rings is 2. The average Bonchev–Trinajstić information content (AvgIpc) is 3.39. The van der Waals surface area contributed by atoms with Gasteiger partial charge in [-0.05, 0) is 42.5 Å². The molecule has 0 fully saturated rings. The van der Waals surface area contributed by atoms with Crippen molar-refractivity contribution in [2.24, 2.45) is 0 Å². The Morgan fingerprint density at radius 1 is 0.970 bits per heavy atom. The van der Waals surface area contributed by atoms with E-state index in [1.54, 1.807) is 11.0 Å². The Labute approximate surface area is 190 Å². The Kier molecular flexibility index (Phi) is 4.53. The van der Waals surface area contributed by atoms with Gasteiger partial charge >= 0.3 is 5.69 Å². The summed E-state index contributed by atoms with van der Waals surface area (Å²) in [7, 11) is 0. The molecule has 0 bridgehead atoms. The fourth-order valence-electron chi connectivity index (χ4n) is 4.93. The van der Waals surface area contributed by atoms with E-state index in [-0.39, 0.29) is 18.1 Å². The van der Waals surface area contributed by atoms with Gasteiger partial charge in [0.25, 0.3) is 0 Å². The number of hydrogen-bond acceptors (Lipinski definition) is 5. The molecule has 0 saturated heterocycles. The number of nitrogens with zero attached hydrogens (tertiary/aromatic N) is 6. The maximum Gasteiger partial charge on any atom is 0.353 e. The molecule has 4 aromatic rings. The molecular weight excluding hydrogens is 416 g/mol. The van der Waals surface area contributed by atoms with Gasteiger partial charge in [-0.25, -0.2) is 18.9 Å². The van der Waals surface area contributed by atoms with Crippen LogP contribution < -0.4 is 15.5 Å². The van der Waals surface area contributed by atoms with Crippen molar-refractivity contribution in [1.82, 2.24) is 19.2 Å². The summed E-state index contributed by atoms with van der Waals surface area (Å²) in [5.41, 5.74) is 5.60. The number of anilines is 2. The lowest BCUT2D eigenvalue weighted by molar-refractivity contribution is -0.119. The monoisotopic (exact) mass is 440 g/mol. The van der Waals surface area contributed by atoms with Gasteiger partial charge in [0.05, 0.1) is 0 Å². The van der Waals surface area contributed by atoms with E-state index in [0.29, 0.717) is 24.7 Å². The van der Waals surface area contributed by atoms with Gasteiger partial charge in [-0.2, -0.15) is 0 Å². The fourth-order valence-corrected chi connectivity index (χ4v) is 4.93. The zero-order valence-electron chi connectivity index (χ0n) is 18.4. The van der Waals surface area contributed by atoms with Gasteiger partial charge in [0.1, 0.15) is 6.54 Å². The quantitative estimate of drug-likeness (QED) is 0.489. The minimum Gasteiger partial charge on any atom is -0.337 e. The molecule has 0 spiro atoms. The molecule has 8 heteroatoms. The van der Waals surface area contributed by atoms with E-state index in [0.717, 1.165) is 36.3 Å². The van der Waals surface area contributed by atoms with Gasteiger partial charge in [-0.15, -0.1) is 5.10 Å². The molecule has 0 atom stereocenters. The Morgan fingerprint density at radius 3 is 2.55 bits per heavy atom. The van der Waals surface area contributed by atoms with Crippen molar-refractivity contribution in [3.63, 3.8) is 0 Å². The first-order valence-corrected chi connectivity index (χ1v) is 11.3. The highest BCUT2D eigenvalue weighted by atomic mass is 16.2. The number of fused-ring (bicyclic) bond motifs is 3. The highest BCUT2D eigenvalue weighted by molar-refractivity contribution is 5.95. The van der Waals surface area contributed by atoms with Crippen LogP contribution in [-0.2, 0) is 30.7 Å². The first kappa shape index (κ1) is 19.7. The summed E-state index contributed by atoms with van der Waals surface area (Å²) < 4.78 is 2.80. The van der Waals surface area contributed by atoms with E-state index in [1.165, 1.54) is 20.2 Å². The number of para-hydroxylation sites is 1. The molecule has 1 amide bonds. The summed E-state index contributed by atoms with van der Waals surface area (Å²) in [6.45, 7) is 3.87. The predicted octanol–water partition coefficient (Wildman–Crippen LogP) is 2.35. The number of carbonyl (C=O) groups is 1. The molecule has 0 unspecified atom stereocenters. The van der Waals surface area contributed by atoms with Crippen LogP contribution in [0.1, 0.15) is 22.4 Å². The van der Waals surface area contributed by atoms with Gasteiger partial charge < -0.3 is 9.80 Å². The Morgan fingerprint density at radius 2 is 1.70 bits per heavy atom. The number of carbonyl (C=O) groups excluding carboxylic acids is 1. The zero-order chi connectivity index (χ0) is 22.5. The van der Waals surface area contributed by atoms with E-state index in [1.807, 2.05) is 37.3 Å². The third-order valence-corrected chi connectivity index (χ3v) is 6.57. The maximum atomic E-state index is 13.4. The number of aryl methyl sites for hydroxylation is 1. The topological polar surface area (TPSA) is 75.7 Å². The summed E-state index contributed by atoms with van der Waals surface area (Å²) in [6.07, 6.45) is 1.72. The lowest BCUT2D eigenvalue weighted by Crippen LogP contribution is -2.37. The Balaban J connectivity index is 1.35. The molecule has 2 aromatic carbocycles. The Hall–Kier alpha value is -3.94. The van der Waals surface area contributed by atoms with Crippen molar-refractivity contribution in [2.45, 2.75) is 32.9 Å². The predicted molar refractivity (Wildman–Crippen MR) is 126 cm³/mol. The van der Waals surface area contributed by atoms with E-state index < -0.39 is 0 Å². The highest BCUT2D eigenvalue weighted by Gasteiger charge is 2.27. The molecule has 33 heavy (non-hydrogen) atoms. The molecule has 8 nitrogen and oxygen atoms in total. The van der Waals surface area contributed by atoms with Crippen molar-refractivity contribution in [3.8, 4) is 0 Å². The maximum absolute atomic E-state index is 13.4. The summed E-state index contributed by atoms with van der Waals surface area (Å²) in [5, 5.41) is 4.49. The minimum atomic E-state index is -0.341. The van der Waals surface area contributed by atoms with Crippen LogP contribution >= 0.6 is 0 Å². The molecular formula is C25H24N6O2. The van der Waals surface area contributed by atoms with Crippen LogP contribution in [0, 0.1) is 6.92 Å². The van der Waals surface area contributed by atoms with Gasteiger partial charge in [-0.1, -0.05) is 42.5 Å². The van der Waals surface area contributed by atoms with Crippen LogP contribution in [0.4, 0.5) is 11.6 Å². The molecule has 2 aliphatic rings. The second-order valence-corrected chi connectivity index (χ2v) is 8.70. The number of aromatic nitrogens is 4. The molecule has 2 aromatic heterocycles. The normalized spacial score (nSPS) is 15.1. The number of rotatable bonds is 3. The number of amides is 1. The van der Waals surface area contributed by atoms with Gasteiger partial charge in [0, 0.05) is 37.1 Å². The van der Waals surface area contributed by atoms with Crippen molar-refractivity contribution >= 4 is 23.2 Å². The third kappa shape index (κ3) is 3.29. The first-order chi connectivity index (χ1) is 16.1. The van der Waals surface area contributed by atoms with Gasteiger partial charge in [0.15, 0.2) is 5.65 Å². The fraction of sp³-hybridized carbons (Fsp3) is 0.280.